The molecule has 1 aliphatic heterocycles. The number of nitro groups is 1. The van der Waals surface area contributed by atoms with Crippen LogP contribution in [0.15, 0.2) is 48.5 Å². The predicted octanol–water partition coefficient (Wildman–Crippen LogP) is 3.42. The lowest BCUT2D eigenvalue weighted by Crippen LogP contribution is -2.23. The van der Waals surface area contributed by atoms with Crippen LogP contribution in [0.2, 0.25) is 0 Å². The summed E-state index contributed by atoms with van der Waals surface area (Å²) in [5, 5.41) is 14.1. The molecular formula is C17H17FN2O2. The van der Waals surface area contributed by atoms with Crippen LogP contribution >= 0.6 is 0 Å². The number of halogens is 1. The average molecular weight is 300 g/mol. The fourth-order valence-corrected chi connectivity index (χ4v) is 3.07. The Bertz CT molecular complexity index is 676. The third-order valence-electron chi connectivity index (χ3n) is 4.18. The third kappa shape index (κ3) is 3.14. The van der Waals surface area contributed by atoms with Gasteiger partial charge in [-0.25, -0.2) is 4.39 Å². The highest BCUT2D eigenvalue weighted by Crippen LogP contribution is 2.30. The molecule has 0 spiro atoms. The monoisotopic (exact) mass is 300 g/mol. The van der Waals surface area contributed by atoms with E-state index in [0.29, 0.717) is 18.2 Å². The molecule has 0 amide bonds. The number of rotatable bonds is 4. The molecule has 0 bridgehead atoms. The summed E-state index contributed by atoms with van der Waals surface area (Å²) < 4.78 is 14.1. The summed E-state index contributed by atoms with van der Waals surface area (Å²) in [7, 11) is 0. The molecule has 0 aliphatic carbocycles. The van der Waals surface area contributed by atoms with E-state index in [0.717, 1.165) is 18.9 Å². The van der Waals surface area contributed by atoms with Gasteiger partial charge in [-0.05, 0) is 30.0 Å². The fourth-order valence-electron chi connectivity index (χ4n) is 3.07. The zero-order chi connectivity index (χ0) is 15.5. The van der Waals surface area contributed by atoms with Gasteiger partial charge in [-0.2, -0.15) is 0 Å². The Kier molecular flexibility index (Phi) is 4.15. The smallest absolute Gasteiger partial charge is 0.272 e. The van der Waals surface area contributed by atoms with Crippen molar-refractivity contribution in [2.45, 2.75) is 24.8 Å². The van der Waals surface area contributed by atoms with Crippen molar-refractivity contribution < 1.29 is 9.31 Å². The van der Waals surface area contributed by atoms with Gasteiger partial charge >= 0.3 is 0 Å². The first kappa shape index (κ1) is 14.7. The Morgan fingerprint density at radius 3 is 2.68 bits per heavy atom. The zero-order valence-corrected chi connectivity index (χ0v) is 12.0. The molecule has 1 aliphatic rings. The van der Waals surface area contributed by atoms with Crippen molar-refractivity contribution in [1.82, 2.24) is 5.32 Å². The summed E-state index contributed by atoms with van der Waals surface area (Å²) in [6.07, 6.45) is 1.75. The van der Waals surface area contributed by atoms with Crippen LogP contribution in [-0.2, 0) is 6.42 Å². The molecule has 22 heavy (non-hydrogen) atoms. The van der Waals surface area contributed by atoms with Gasteiger partial charge in [0, 0.05) is 24.6 Å². The van der Waals surface area contributed by atoms with Crippen LogP contribution in [0, 0.1) is 15.9 Å². The molecule has 5 heteroatoms. The number of nitro benzene ring substituents is 1. The average Bonchev–Trinajstić information content (AvgIpc) is 2.96. The minimum absolute atomic E-state index is 0.0644. The first-order valence-corrected chi connectivity index (χ1v) is 7.34. The summed E-state index contributed by atoms with van der Waals surface area (Å²) in [5.74, 6) is -0.420. The maximum Gasteiger partial charge on any atom is 0.272 e. The van der Waals surface area contributed by atoms with E-state index in [9.17, 15) is 14.5 Å². The summed E-state index contributed by atoms with van der Waals surface area (Å²) in [6, 6.07) is 14.4. The van der Waals surface area contributed by atoms with Crippen LogP contribution in [0.4, 0.5) is 10.1 Å². The quantitative estimate of drug-likeness (QED) is 0.695. The van der Waals surface area contributed by atoms with Gasteiger partial charge in [0.2, 0.25) is 0 Å². The van der Waals surface area contributed by atoms with Crippen LogP contribution in [0.25, 0.3) is 0 Å². The molecular weight excluding hydrogens is 283 g/mol. The van der Waals surface area contributed by atoms with Gasteiger partial charge in [-0.3, -0.25) is 10.1 Å². The maximum atomic E-state index is 14.1. The van der Waals surface area contributed by atoms with Gasteiger partial charge in [0.15, 0.2) is 0 Å². The molecule has 1 fully saturated rings. The first-order chi connectivity index (χ1) is 10.6. The van der Waals surface area contributed by atoms with E-state index in [2.05, 4.69) is 17.4 Å². The number of benzene rings is 2. The molecule has 114 valence electrons. The summed E-state index contributed by atoms with van der Waals surface area (Å²) >= 11 is 0. The van der Waals surface area contributed by atoms with E-state index in [1.165, 1.54) is 11.6 Å². The van der Waals surface area contributed by atoms with Crippen molar-refractivity contribution in [3.63, 3.8) is 0 Å². The van der Waals surface area contributed by atoms with Gasteiger partial charge in [0.1, 0.15) is 5.82 Å². The van der Waals surface area contributed by atoms with Crippen LogP contribution in [-0.4, -0.2) is 17.5 Å². The molecule has 1 N–H and O–H groups in total. The van der Waals surface area contributed by atoms with E-state index in [4.69, 9.17) is 0 Å². The van der Waals surface area contributed by atoms with Gasteiger partial charge < -0.3 is 5.32 Å². The fraction of sp³-hybridized carbons (Fsp3) is 0.294. The molecule has 2 atom stereocenters. The maximum absolute atomic E-state index is 14.1. The van der Waals surface area contributed by atoms with E-state index >= 15 is 0 Å². The minimum Gasteiger partial charge on any atom is -0.313 e. The lowest BCUT2D eigenvalue weighted by atomic mass is 9.93. The topological polar surface area (TPSA) is 55.2 Å². The van der Waals surface area contributed by atoms with Crippen LogP contribution in [0.3, 0.4) is 0 Å². The molecule has 3 rings (SSSR count). The van der Waals surface area contributed by atoms with E-state index < -0.39 is 10.7 Å². The van der Waals surface area contributed by atoms with Gasteiger partial charge in [0.25, 0.3) is 5.69 Å². The highest BCUT2D eigenvalue weighted by Gasteiger charge is 2.28. The van der Waals surface area contributed by atoms with E-state index in [-0.39, 0.29) is 11.6 Å². The van der Waals surface area contributed by atoms with Crippen molar-refractivity contribution >= 4 is 5.69 Å². The third-order valence-corrected chi connectivity index (χ3v) is 4.18. The second-order valence-corrected chi connectivity index (χ2v) is 5.69. The predicted molar refractivity (Wildman–Crippen MR) is 82.3 cm³/mol. The number of nitrogens with one attached hydrogen (secondary N) is 1. The Morgan fingerprint density at radius 1 is 1.23 bits per heavy atom. The SMILES string of the molecule is O=[N+]([O-])c1ccc(C2CNC(Cc3ccccc3)C2)c(F)c1. The molecule has 0 saturated carbocycles. The Labute approximate surface area is 128 Å². The van der Waals surface area contributed by atoms with Crippen LogP contribution in [0.1, 0.15) is 23.5 Å². The van der Waals surface area contributed by atoms with Crippen LogP contribution in [0.5, 0.6) is 0 Å². The zero-order valence-electron chi connectivity index (χ0n) is 12.0. The lowest BCUT2D eigenvalue weighted by molar-refractivity contribution is -0.385. The normalized spacial score (nSPS) is 21.0. The molecule has 1 saturated heterocycles. The van der Waals surface area contributed by atoms with Crippen molar-refractivity contribution in [3.8, 4) is 0 Å². The van der Waals surface area contributed by atoms with Gasteiger partial charge in [-0.15, -0.1) is 0 Å². The highest BCUT2D eigenvalue weighted by atomic mass is 19.1. The number of hydrogen-bond donors (Lipinski definition) is 1. The Hall–Kier alpha value is -2.27. The Balaban J connectivity index is 1.69. The minimum atomic E-state index is -0.571. The molecule has 1 heterocycles. The summed E-state index contributed by atoms with van der Waals surface area (Å²) in [5.41, 5.74) is 1.62. The molecule has 0 radical (unpaired) electrons. The summed E-state index contributed by atoms with van der Waals surface area (Å²) in [4.78, 5) is 10.1. The highest BCUT2D eigenvalue weighted by molar-refractivity contribution is 5.36. The Morgan fingerprint density at radius 2 is 2.00 bits per heavy atom. The van der Waals surface area contributed by atoms with Gasteiger partial charge in [-0.1, -0.05) is 30.3 Å². The van der Waals surface area contributed by atoms with E-state index in [1.807, 2.05) is 18.2 Å². The molecule has 0 aromatic heterocycles. The van der Waals surface area contributed by atoms with Crippen molar-refractivity contribution in [1.29, 1.82) is 0 Å². The van der Waals surface area contributed by atoms with Gasteiger partial charge in [0.05, 0.1) is 11.0 Å². The first-order valence-electron chi connectivity index (χ1n) is 7.34. The summed E-state index contributed by atoms with van der Waals surface area (Å²) in [6.45, 7) is 0.701. The number of non-ortho nitro benzene ring substituents is 1. The van der Waals surface area contributed by atoms with Crippen molar-refractivity contribution in [2.75, 3.05) is 6.54 Å². The molecule has 2 aromatic rings. The molecule has 2 aromatic carbocycles. The standard InChI is InChI=1S/C17H17FN2O2/c18-17-10-15(20(21)22)6-7-16(17)13-9-14(19-11-13)8-12-4-2-1-3-5-12/h1-7,10,13-14,19H,8-9,11H2. The molecule has 4 nitrogen and oxygen atoms in total. The number of nitrogens with zero attached hydrogens (tertiary/aromatic N) is 1. The van der Waals surface area contributed by atoms with Crippen LogP contribution < -0.4 is 5.32 Å². The molecule has 2 unspecified atom stereocenters. The van der Waals surface area contributed by atoms with Crippen molar-refractivity contribution in [3.05, 3.63) is 75.6 Å². The van der Waals surface area contributed by atoms with E-state index in [1.54, 1.807) is 6.07 Å². The largest absolute Gasteiger partial charge is 0.313 e. The van der Waals surface area contributed by atoms with Crippen molar-refractivity contribution in [2.24, 2.45) is 0 Å². The second-order valence-electron chi connectivity index (χ2n) is 5.69. The number of hydrogen-bond acceptors (Lipinski definition) is 3. The second kappa shape index (κ2) is 6.23. The lowest BCUT2D eigenvalue weighted by Gasteiger charge is -2.12.